The van der Waals surface area contributed by atoms with E-state index in [1.807, 2.05) is 18.2 Å². The fraction of sp³-hybridized carbons (Fsp3) is 0.0526. The van der Waals surface area contributed by atoms with E-state index in [0.29, 0.717) is 22.3 Å². The van der Waals surface area contributed by atoms with Crippen LogP contribution in [0.2, 0.25) is 5.02 Å². The van der Waals surface area contributed by atoms with E-state index in [1.54, 1.807) is 24.3 Å². The fourth-order valence-electron chi connectivity index (χ4n) is 3.14. The van der Waals surface area contributed by atoms with Gasteiger partial charge in [-0.3, -0.25) is 9.10 Å². The van der Waals surface area contributed by atoms with Crippen molar-refractivity contribution in [3.05, 3.63) is 65.2 Å². The van der Waals surface area contributed by atoms with Crippen LogP contribution in [0.15, 0.2) is 59.5 Å². The number of carbonyl (C=O) groups is 1. The number of nitriles is 1. The van der Waals surface area contributed by atoms with Crippen LogP contribution in [-0.2, 0) is 14.8 Å². The van der Waals surface area contributed by atoms with Crippen molar-refractivity contribution in [2.24, 2.45) is 0 Å². The Morgan fingerprint density at radius 1 is 1.15 bits per heavy atom. The van der Waals surface area contributed by atoms with Gasteiger partial charge in [0.1, 0.15) is 12.6 Å². The Kier molecular flexibility index (Phi) is 4.02. The molecule has 1 aliphatic heterocycles. The van der Waals surface area contributed by atoms with Crippen LogP contribution >= 0.6 is 11.6 Å². The van der Waals surface area contributed by atoms with Crippen molar-refractivity contribution < 1.29 is 13.2 Å². The lowest BCUT2D eigenvalue weighted by atomic mass is 10.1. The van der Waals surface area contributed by atoms with E-state index >= 15 is 0 Å². The monoisotopic (exact) mass is 397 g/mol. The molecule has 0 saturated carbocycles. The molecular weight excluding hydrogens is 386 g/mol. The van der Waals surface area contributed by atoms with Crippen LogP contribution in [0.3, 0.4) is 0 Å². The lowest BCUT2D eigenvalue weighted by molar-refractivity contribution is -0.114. The summed E-state index contributed by atoms with van der Waals surface area (Å²) in [5, 5.41) is 13.2. The summed E-state index contributed by atoms with van der Waals surface area (Å²) in [7, 11) is -3.80. The van der Waals surface area contributed by atoms with Crippen LogP contribution in [0.4, 0.5) is 11.4 Å². The molecule has 1 heterocycles. The highest BCUT2D eigenvalue weighted by molar-refractivity contribution is 7.93. The van der Waals surface area contributed by atoms with Crippen LogP contribution in [0.5, 0.6) is 0 Å². The maximum absolute atomic E-state index is 12.9. The first-order valence-electron chi connectivity index (χ1n) is 7.96. The molecule has 0 saturated heterocycles. The quantitative estimate of drug-likeness (QED) is 0.732. The Bertz CT molecular complexity index is 1240. The first-order valence-corrected chi connectivity index (χ1v) is 9.77. The van der Waals surface area contributed by atoms with Gasteiger partial charge in [0.25, 0.3) is 10.0 Å². The van der Waals surface area contributed by atoms with Crippen molar-refractivity contribution in [3.63, 3.8) is 0 Å². The van der Waals surface area contributed by atoms with Crippen LogP contribution in [0.25, 0.3) is 10.8 Å². The van der Waals surface area contributed by atoms with Gasteiger partial charge in [0.05, 0.1) is 21.2 Å². The van der Waals surface area contributed by atoms with Gasteiger partial charge in [0.2, 0.25) is 5.91 Å². The topological polar surface area (TPSA) is 90.3 Å². The molecule has 0 aliphatic carbocycles. The molecule has 1 aliphatic rings. The Balaban J connectivity index is 1.64. The number of sulfonamides is 1. The number of nitrogens with one attached hydrogen (secondary N) is 1. The number of carbonyl (C=O) groups excluding carboxylic acids is 1. The summed E-state index contributed by atoms with van der Waals surface area (Å²) < 4.78 is 26.9. The number of benzene rings is 3. The predicted octanol–water partition coefficient (Wildman–Crippen LogP) is 3.51. The lowest BCUT2D eigenvalue weighted by Crippen LogP contribution is -2.35. The third-order valence-electron chi connectivity index (χ3n) is 4.34. The number of anilines is 2. The zero-order chi connectivity index (χ0) is 19.2. The molecule has 0 spiro atoms. The molecule has 4 rings (SSSR count). The standard InChI is InChI=1S/C19H12ClN3O3S/c20-15-9-14(8-7-13(15)10-21)22-18(24)11-23-16-5-1-3-12-4-2-6-17(19(12)16)27(23,25)26/h1-9H,11H2,(H,22,24). The summed E-state index contributed by atoms with van der Waals surface area (Å²) >= 11 is 5.96. The minimum Gasteiger partial charge on any atom is -0.324 e. The number of amides is 1. The van der Waals surface area contributed by atoms with Crippen molar-refractivity contribution in [1.82, 2.24) is 0 Å². The summed E-state index contributed by atoms with van der Waals surface area (Å²) in [5.74, 6) is -0.510. The van der Waals surface area contributed by atoms with Crippen molar-refractivity contribution in [1.29, 1.82) is 5.26 Å². The molecule has 0 fully saturated rings. The molecule has 1 N–H and O–H groups in total. The second-order valence-corrected chi connectivity index (χ2v) is 8.24. The van der Waals surface area contributed by atoms with Crippen LogP contribution < -0.4 is 9.62 Å². The molecule has 0 atom stereocenters. The third kappa shape index (κ3) is 2.79. The van der Waals surface area contributed by atoms with Crippen LogP contribution in [-0.4, -0.2) is 20.9 Å². The van der Waals surface area contributed by atoms with E-state index in [1.165, 1.54) is 18.2 Å². The van der Waals surface area contributed by atoms with Crippen LogP contribution in [0.1, 0.15) is 5.56 Å². The Hall–Kier alpha value is -3.08. The second-order valence-electron chi connectivity index (χ2n) is 6.00. The number of nitrogens with zero attached hydrogens (tertiary/aromatic N) is 2. The first-order chi connectivity index (χ1) is 12.9. The lowest BCUT2D eigenvalue weighted by Gasteiger charge is -2.18. The Labute approximate surface area is 160 Å². The number of halogens is 1. The predicted molar refractivity (Wildman–Crippen MR) is 103 cm³/mol. The molecular formula is C19H12ClN3O3S. The molecule has 1 amide bonds. The molecule has 134 valence electrons. The van der Waals surface area contributed by atoms with Gasteiger partial charge in [0, 0.05) is 11.1 Å². The minimum atomic E-state index is -3.80. The highest BCUT2D eigenvalue weighted by atomic mass is 35.5. The van der Waals surface area contributed by atoms with Gasteiger partial charge in [0.15, 0.2) is 0 Å². The van der Waals surface area contributed by atoms with E-state index in [4.69, 9.17) is 16.9 Å². The molecule has 3 aromatic rings. The Morgan fingerprint density at radius 3 is 2.59 bits per heavy atom. The van der Waals surface area contributed by atoms with Gasteiger partial charge in [-0.05, 0) is 35.7 Å². The minimum absolute atomic E-state index is 0.199. The summed E-state index contributed by atoms with van der Waals surface area (Å²) in [5.41, 5.74) is 1.16. The zero-order valence-electron chi connectivity index (χ0n) is 13.8. The number of hydrogen-bond acceptors (Lipinski definition) is 4. The summed E-state index contributed by atoms with van der Waals surface area (Å²) in [6.45, 7) is -0.367. The van der Waals surface area contributed by atoms with Crippen molar-refractivity contribution >= 4 is 49.7 Å². The average molecular weight is 398 g/mol. The molecule has 27 heavy (non-hydrogen) atoms. The summed E-state index contributed by atoms with van der Waals surface area (Å²) in [6, 6.07) is 16.7. The van der Waals surface area contributed by atoms with E-state index in [-0.39, 0.29) is 16.5 Å². The summed E-state index contributed by atoms with van der Waals surface area (Å²) in [4.78, 5) is 12.7. The number of hydrogen-bond donors (Lipinski definition) is 1. The average Bonchev–Trinajstić information content (AvgIpc) is 2.85. The van der Waals surface area contributed by atoms with Gasteiger partial charge >= 0.3 is 0 Å². The van der Waals surface area contributed by atoms with Gasteiger partial charge in [-0.25, -0.2) is 8.42 Å². The SMILES string of the molecule is N#Cc1ccc(NC(=O)CN2c3cccc4cccc(c34)S2(=O)=O)cc1Cl. The molecule has 6 nitrogen and oxygen atoms in total. The highest BCUT2D eigenvalue weighted by Crippen LogP contribution is 2.41. The van der Waals surface area contributed by atoms with E-state index < -0.39 is 15.9 Å². The molecule has 0 unspecified atom stereocenters. The molecule has 0 radical (unpaired) electrons. The smallest absolute Gasteiger partial charge is 0.265 e. The maximum atomic E-state index is 12.9. The zero-order valence-corrected chi connectivity index (χ0v) is 15.4. The normalized spacial score (nSPS) is 14.1. The molecule has 0 aromatic heterocycles. The molecule has 8 heteroatoms. The van der Waals surface area contributed by atoms with Crippen molar-refractivity contribution in [2.75, 3.05) is 16.2 Å². The third-order valence-corrected chi connectivity index (χ3v) is 6.46. The van der Waals surface area contributed by atoms with Gasteiger partial charge in [-0.2, -0.15) is 5.26 Å². The second kappa shape index (κ2) is 6.27. The summed E-state index contributed by atoms with van der Waals surface area (Å²) in [6.07, 6.45) is 0. The van der Waals surface area contributed by atoms with Crippen molar-refractivity contribution in [3.8, 4) is 6.07 Å². The van der Waals surface area contributed by atoms with E-state index in [9.17, 15) is 13.2 Å². The van der Waals surface area contributed by atoms with Gasteiger partial charge < -0.3 is 5.32 Å². The van der Waals surface area contributed by atoms with Gasteiger partial charge in [-0.15, -0.1) is 0 Å². The molecule has 3 aromatic carbocycles. The fourth-order valence-corrected chi connectivity index (χ4v) is 5.03. The maximum Gasteiger partial charge on any atom is 0.265 e. The first kappa shape index (κ1) is 17.3. The Morgan fingerprint density at radius 2 is 1.89 bits per heavy atom. The van der Waals surface area contributed by atoms with Gasteiger partial charge in [-0.1, -0.05) is 35.9 Å². The van der Waals surface area contributed by atoms with E-state index in [2.05, 4.69) is 5.32 Å². The van der Waals surface area contributed by atoms with Crippen molar-refractivity contribution in [2.45, 2.75) is 4.90 Å². The number of rotatable bonds is 3. The highest BCUT2D eigenvalue weighted by Gasteiger charge is 2.36. The van der Waals surface area contributed by atoms with E-state index in [0.717, 1.165) is 9.69 Å². The molecule has 0 bridgehead atoms. The van der Waals surface area contributed by atoms with Crippen LogP contribution in [0, 0.1) is 11.3 Å². The largest absolute Gasteiger partial charge is 0.324 e.